The quantitative estimate of drug-likeness (QED) is 0.681. The number of hydrogen-bond donors (Lipinski definition) is 0. The molecule has 3 rings (SSSR count). The van der Waals surface area contributed by atoms with Gasteiger partial charge in [0.1, 0.15) is 5.82 Å². The Morgan fingerprint density at radius 1 is 1.00 bits per heavy atom. The van der Waals surface area contributed by atoms with Crippen molar-refractivity contribution in [3.8, 4) is 22.5 Å². The van der Waals surface area contributed by atoms with E-state index >= 15 is 0 Å². The predicted molar refractivity (Wildman–Crippen MR) is 91.5 cm³/mol. The van der Waals surface area contributed by atoms with Crippen LogP contribution in [0.3, 0.4) is 0 Å². The first kappa shape index (κ1) is 15.9. The molecule has 0 spiro atoms. The van der Waals surface area contributed by atoms with Crippen LogP contribution in [0.2, 0.25) is 0 Å². The van der Waals surface area contributed by atoms with Crippen molar-refractivity contribution in [1.82, 2.24) is 4.73 Å². The summed E-state index contributed by atoms with van der Waals surface area (Å²) in [6, 6.07) is 14.7. The Balaban J connectivity index is 2.38. The first-order valence-corrected chi connectivity index (χ1v) is 7.74. The fourth-order valence-electron chi connectivity index (χ4n) is 2.90. The third kappa shape index (κ3) is 2.58. The molecule has 0 N–H and O–H groups in total. The van der Waals surface area contributed by atoms with Crippen molar-refractivity contribution in [3.05, 3.63) is 81.9 Å². The molecule has 0 unspecified atom stereocenters. The van der Waals surface area contributed by atoms with Gasteiger partial charge in [-0.25, -0.2) is 4.39 Å². The van der Waals surface area contributed by atoms with E-state index in [2.05, 4.69) is 0 Å². The number of rotatable bonds is 3. The van der Waals surface area contributed by atoms with Gasteiger partial charge in [-0.3, -0.25) is 0 Å². The largest absolute Gasteiger partial charge is 0.805 e. The van der Waals surface area contributed by atoms with E-state index in [4.69, 9.17) is 0 Å². The van der Waals surface area contributed by atoms with Gasteiger partial charge in [0.15, 0.2) is 0 Å². The van der Waals surface area contributed by atoms with Crippen LogP contribution in [0.15, 0.2) is 54.6 Å². The zero-order valence-corrected chi connectivity index (χ0v) is 13.5. The van der Waals surface area contributed by atoms with Crippen LogP contribution in [0.1, 0.15) is 18.3 Å². The molecular weight excluding hydrogens is 307 g/mol. The number of aromatic nitrogens is 2. The molecular formula is C19H17FN2O2. The molecule has 2 aromatic carbocycles. The van der Waals surface area contributed by atoms with Gasteiger partial charge in [0, 0.05) is 4.91 Å². The highest BCUT2D eigenvalue weighted by molar-refractivity contribution is 5.64. The van der Waals surface area contributed by atoms with Crippen LogP contribution >= 0.6 is 0 Å². The summed E-state index contributed by atoms with van der Waals surface area (Å²) in [7, 11) is 0. The summed E-state index contributed by atoms with van der Waals surface area (Å²) >= 11 is 0. The van der Waals surface area contributed by atoms with Gasteiger partial charge in [-0.2, -0.15) is 0 Å². The van der Waals surface area contributed by atoms with Crippen LogP contribution in [0.25, 0.3) is 22.5 Å². The molecule has 0 saturated carbocycles. The van der Waals surface area contributed by atoms with Crippen molar-refractivity contribution < 1.29 is 8.82 Å². The third-order valence-corrected chi connectivity index (χ3v) is 4.07. The van der Waals surface area contributed by atoms with Crippen molar-refractivity contribution in [2.24, 2.45) is 0 Å². The molecule has 0 aliphatic heterocycles. The number of hydrogen-bond acceptors (Lipinski definition) is 2. The van der Waals surface area contributed by atoms with Crippen LogP contribution in [0.4, 0.5) is 4.39 Å². The Kier molecular flexibility index (Phi) is 4.16. The summed E-state index contributed by atoms with van der Waals surface area (Å²) < 4.78 is 14.8. The Bertz CT molecular complexity index is 932. The lowest BCUT2D eigenvalue weighted by molar-refractivity contribution is -0.471. The zero-order valence-electron chi connectivity index (χ0n) is 13.5. The van der Waals surface area contributed by atoms with Crippen LogP contribution in [0, 0.1) is 22.9 Å². The van der Waals surface area contributed by atoms with Gasteiger partial charge in [-0.1, -0.05) is 25.1 Å². The summed E-state index contributed by atoms with van der Waals surface area (Å²) in [5, 5.41) is 12.7. The second-order valence-corrected chi connectivity index (χ2v) is 5.54. The van der Waals surface area contributed by atoms with Crippen molar-refractivity contribution in [3.63, 3.8) is 0 Å². The van der Waals surface area contributed by atoms with E-state index in [1.54, 1.807) is 19.1 Å². The number of nitrogens with zero attached hydrogens (tertiary/aromatic N) is 2. The molecule has 1 heterocycles. The number of benzene rings is 2. The highest BCUT2D eigenvalue weighted by Crippen LogP contribution is 2.26. The SMILES string of the molecule is CCc1c(-c2ccccc2)[n+](=O)c(-c2ccc(F)cc2)c(C)n1[O-]. The van der Waals surface area contributed by atoms with Gasteiger partial charge in [-0.15, -0.1) is 0 Å². The molecule has 122 valence electrons. The Morgan fingerprint density at radius 2 is 1.58 bits per heavy atom. The summed E-state index contributed by atoms with van der Waals surface area (Å²) in [6.45, 7) is 3.45. The number of halogens is 1. The minimum Gasteiger partial charge on any atom is -0.805 e. The normalized spacial score (nSPS) is 10.8. The molecule has 0 saturated heterocycles. The predicted octanol–water partition coefficient (Wildman–Crippen LogP) is 4.09. The fraction of sp³-hybridized carbons (Fsp3) is 0.158. The second kappa shape index (κ2) is 6.28. The first-order chi connectivity index (χ1) is 11.5. The van der Waals surface area contributed by atoms with Crippen LogP contribution in [-0.4, -0.2) is 4.73 Å². The first-order valence-electron chi connectivity index (χ1n) is 7.74. The van der Waals surface area contributed by atoms with Crippen LogP contribution in [0.5, 0.6) is 0 Å². The molecule has 24 heavy (non-hydrogen) atoms. The topological polar surface area (TPSA) is 51.0 Å². The highest BCUT2D eigenvalue weighted by atomic mass is 19.1. The van der Waals surface area contributed by atoms with E-state index < -0.39 is 5.82 Å². The van der Waals surface area contributed by atoms with Gasteiger partial charge in [0.25, 0.3) is 11.4 Å². The molecule has 1 aromatic heterocycles. The van der Waals surface area contributed by atoms with Gasteiger partial charge in [0.05, 0.1) is 26.9 Å². The summed E-state index contributed by atoms with van der Waals surface area (Å²) in [5.74, 6) is -0.391. The highest BCUT2D eigenvalue weighted by Gasteiger charge is 2.27. The Morgan fingerprint density at radius 3 is 2.17 bits per heavy atom. The molecule has 3 aromatic rings. The molecule has 0 fully saturated rings. The summed E-state index contributed by atoms with van der Waals surface area (Å²) in [6.07, 6.45) is 0.431. The second-order valence-electron chi connectivity index (χ2n) is 5.54. The standard InChI is InChI=1S/C19H17FN2O2/c1-3-17-19(14-7-5-4-6-8-14)22(24)18(13(2)21(17)23)15-9-11-16(20)12-10-15/h4-12H,3H2,1-2H3. The van der Waals surface area contributed by atoms with Gasteiger partial charge in [0.2, 0.25) is 0 Å². The lowest BCUT2D eigenvalue weighted by atomic mass is 10.0. The summed E-state index contributed by atoms with van der Waals surface area (Å²) in [5.41, 5.74) is 2.47. The van der Waals surface area contributed by atoms with Crippen molar-refractivity contribution in [2.45, 2.75) is 20.3 Å². The van der Waals surface area contributed by atoms with E-state index in [-0.39, 0.29) is 5.69 Å². The molecule has 0 amide bonds. The van der Waals surface area contributed by atoms with Crippen molar-refractivity contribution in [1.29, 1.82) is 0 Å². The van der Waals surface area contributed by atoms with E-state index in [0.29, 0.717) is 34.6 Å². The monoisotopic (exact) mass is 324 g/mol. The molecule has 0 aliphatic carbocycles. The van der Waals surface area contributed by atoms with Crippen LogP contribution < -0.4 is 4.43 Å². The van der Waals surface area contributed by atoms with E-state index in [0.717, 1.165) is 9.16 Å². The molecule has 5 heteroatoms. The van der Waals surface area contributed by atoms with Crippen LogP contribution in [-0.2, 0) is 6.42 Å². The van der Waals surface area contributed by atoms with Crippen molar-refractivity contribution >= 4 is 0 Å². The third-order valence-electron chi connectivity index (χ3n) is 4.07. The molecule has 4 nitrogen and oxygen atoms in total. The average molecular weight is 324 g/mol. The summed E-state index contributed by atoms with van der Waals surface area (Å²) in [4.78, 5) is 13.1. The minimum atomic E-state index is -0.391. The Labute approximate surface area is 139 Å². The fourth-order valence-corrected chi connectivity index (χ4v) is 2.90. The lowest BCUT2D eigenvalue weighted by Crippen LogP contribution is -2.28. The van der Waals surface area contributed by atoms with Gasteiger partial charge < -0.3 is 9.94 Å². The minimum absolute atomic E-state index is 0.237. The van der Waals surface area contributed by atoms with E-state index in [9.17, 15) is 14.5 Å². The van der Waals surface area contributed by atoms with Gasteiger partial charge in [-0.05, 0) is 49.7 Å². The maximum absolute atomic E-state index is 13.2. The zero-order chi connectivity index (χ0) is 17.3. The van der Waals surface area contributed by atoms with Crippen molar-refractivity contribution in [2.75, 3.05) is 0 Å². The van der Waals surface area contributed by atoms with Gasteiger partial charge >= 0.3 is 0 Å². The van der Waals surface area contributed by atoms with E-state index in [1.165, 1.54) is 24.3 Å². The molecule has 0 radical (unpaired) electrons. The molecule has 0 aliphatic rings. The lowest BCUT2D eigenvalue weighted by Gasteiger charge is -2.20. The molecule has 0 atom stereocenters. The Hall–Kier alpha value is -2.95. The average Bonchev–Trinajstić information content (AvgIpc) is 2.60. The maximum Gasteiger partial charge on any atom is 0.289 e. The smallest absolute Gasteiger partial charge is 0.289 e. The molecule has 0 bridgehead atoms. The van der Waals surface area contributed by atoms with E-state index in [1.807, 2.05) is 25.1 Å². The maximum atomic E-state index is 13.2.